The van der Waals surface area contributed by atoms with Gasteiger partial charge in [0.25, 0.3) is 25.8 Å². The molecule has 1 atom stereocenters. The van der Waals surface area contributed by atoms with Crippen LogP contribution in [0.25, 0.3) is 5.57 Å². The summed E-state index contributed by atoms with van der Waals surface area (Å²) in [6, 6.07) is 24.3. The average molecular weight is 946 g/mol. The number of halogens is 4. The van der Waals surface area contributed by atoms with Gasteiger partial charge < -0.3 is 10.1 Å². The highest BCUT2D eigenvalue weighted by atomic mass is 35.5. The molecule has 2 heterocycles. The van der Waals surface area contributed by atoms with Gasteiger partial charge in [0.2, 0.25) is 0 Å². The molecule has 0 saturated carbocycles. The van der Waals surface area contributed by atoms with E-state index >= 15 is 0 Å². The molecular formula is C46H52ClF3N4O6S3. The highest BCUT2D eigenvalue weighted by Gasteiger charge is 2.48. The maximum Gasteiger partial charge on any atom is 0.501 e. The van der Waals surface area contributed by atoms with Crippen molar-refractivity contribution in [3.63, 3.8) is 0 Å². The van der Waals surface area contributed by atoms with E-state index in [1.807, 2.05) is 47.2 Å². The Morgan fingerprint density at radius 2 is 1.62 bits per heavy atom. The minimum absolute atomic E-state index is 0.0491. The maximum atomic E-state index is 14.2. The Morgan fingerprint density at radius 3 is 2.33 bits per heavy atom. The van der Waals surface area contributed by atoms with Crippen LogP contribution < -0.4 is 10.0 Å². The second kappa shape index (κ2) is 19.7. The third kappa shape index (κ3) is 11.9. The van der Waals surface area contributed by atoms with Gasteiger partial charge in [0.15, 0.2) is 0 Å². The Hall–Kier alpha value is -3.90. The van der Waals surface area contributed by atoms with Gasteiger partial charge in [0.1, 0.15) is 4.90 Å². The lowest BCUT2D eigenvalue weighted by Gasteiger charge is -2.37. The highest BCUT2D eigenvalue weighted by Crippen LogP contribution is 2.43. The smallest absolute Gasteiger partial charge is 0.380 e. The van der Waals surface area contributed by atoms with Gasteiger partial charge in [0, 0.05) is 66.5 Å². The van der Waals surface area contributed by atoms with E-state index < -0.39 is 52.8 Å². The molecule has 63 heavy (non-hydrogen) atoms. The lowest BCUT2D eigenvalue weighted by molar-refractivity contribution is -0.0435. The van der Waals surface area contributed by atoms with Gasteiger partial charge in [-0.15, -0.1) is 11.8 Å². The van der Waals surface area contributed by atoms with Crippen LogP contribution in [-0.4, -0.2) is 95.8 Å². The number of amides is 1. The number of ether oxygens (including phenoxy) is 1. The SMILES string of the molecule is CC1(C)CCC(c2ccc(Cl)cc2)=C(CN2CCc3cc(C(=O)NS(=O)(=O)c4ccc(N[C@H](CCN5CCOCC5)CSc5ccccc5)c(S(=O)(=O)C(F)(F)F)c4)ccc3C2)C1. The van der Waals surface area contributed by atoms with Crippen molar-refractivity contribution in [3.05, 3.63) is 124 Å². The predicted molar refractivity (Wildman–Crippen MR) is 242 cm³/mol. The average Bonchev–Trinajstić information content (AvgIpc) is 3.25. The molecule has 2 N–H and O–H groups in total. The quantitative estimate of drug-likeness (QED) is 0.112. The summed E-state index contributed by atoms with van der Waals surface area (Å²) in [6.45, 7) is 9.73. The number of carbonyl (C=O) groups is 1. The van der Waals surface area contributed by atoms with Crippen molar-refractivity contribution in [2.75, 3.05) is 57.0 Å². The van der Waals surface area contributed by atoms with Crippen LogP contribution in [0.2, 0.25) is 5.02 Å². The Kier molecular flexibility index (Phi) is 14.7. The van der Waals surface area contributed by atoms with Crippen LogP contribution in [-0.2, 0) is 37.6 Å². The lowest BCUT2D eigenvalue weighted by atomic mass is 9.72. The second-order valence-corrected chi connectivity index (χ2v) is 22.2. The molecule has 3 aliphatic rings. The number of allylic oxidation sites excluding steroid dienone is 1. The Balaban J connectivity index is 1.07. The number of hydrogen-bond acceptors (Lipinski definition) is 10. The molecule has 1 saturated heterocycles. The number of rotatable bonds is 15. The van der Waals surface area contributed by atoms with Crippen LogP contribution in [0.3, 0.4) is 0 Å². The van der Waals surface area contributed by atoms with Crippen molar-refractivity contribution in [3.8, 4) is 0 Å². The fourth-order valence-electron chi connectivity index (χ4n) is 8.39. The van der Waals surface area contributed by atoms with Gasteiger partial charge in [-0.3, -0.25) is 14.6 Å². The van der Waals surface area contributed by atoms with Crippen LogP contribution in [0.1, 0.15) is 66.6 Å². The fraction of sp³-hybridized carbons (Fsp3) is 0.413. The summed E-state index contributed by atoms with van der Waals surface area (Å²) in [5.74, 6) is -0.623. The highest BCUT2D eigenvalue weighted by molar-refractivity contribution is 7.99. The van der Waals surface area contributed by atoms with Crippen LogP contribution in [0.5, 0.6) is 0 Å². The molecule has 0 aromatic heterocycles. The van der Waals surface area contributed by atoms with Crippen LogP contribution in [0.4, 0.5) is 18.9 Å². The number of fused-ring (bicyclic) bond motifs is 1. The molecule has 7 rings (SSSR count). The minimum Gasteiger partial charge on any atom is -0.380 e. The number of anilines is 1. The topological polar surface area (TPSA) is 125 Å². The Bertz CT molecular complexity index is 2530. The molecule has 1 amide bonds. The predicted octanol–water partition coefficient (Wildman–Crippen LogP) is 9.07. The maximum absolute atomic E-state index is 14.2. The molecule has 0 bridgehead atoms. The van der Waals surface area contributed by atoms with E-state index in [4.69, 9.17) is 16.3 Å². The monoisotopic (exact) mass is 944 g/mol. The number of thioether (sulfide) groups is 1. The molecule has 4 aromatic rings. The number of morpholine rings is 1. The van der Waals surface area contributed by atoms with E-state index in [1.54, 1.807) is 12.1 Å². The standard InChI is InChI=1S/C46H52ClF3N4O6S3/c1-45(2)19-16-41(32-10-12-37(47)13-11-32)36(28-45)30-54-20-17-33-26-34(8-9-35(33)29-54)44(55)52-63(58,59)40-14-15-42(43(27-40)62(56,57)46(48,49)50)51-38(18-21-53-22-24-60-25-23-53)31-61-39-6-4-3-5-7-39/h3-15,26-27,38,51H,16-25,28-31H2,1-2H3,(H,52,55)/t38-/m1/s1. The Morgan fingerprint density at radius 1 is 0.889 bits per heavy atom. The van der Waals surface area contributed by atoms with E-state index in [0.717, 1.165) is 54.0 Å². The molecular weight excluding hydrogens is 893 g/mol. The number of nitrogens with zero attached hydrogens (tertiary/aromatic N) is 2. The number of sulfone groups is 1. The molecule has 0 spiro atoms. The third-order valence-corrected chi connectivity index (χ3v) is 16.2. The summed E-state index contributed by atoms with van der Waals surface area (Å²) in [6.07, 6.45) is 4.08. The molecule has 4 aromatic carbocycles. The van der Waals surface area contributed by atoms with E-state index in [-0.39, 0.29) is 11.0 Å². The largest absolute Gasteiger partial charge is 0.501 e. The minimum atomic E-state index is -6.05. The summed E-state index contributed by atoms with van der Waals surface area (Å²) in [5.41, 5.74) is -0.119. The van der Waals surface area contributed by atoms with Crippen molar-refractivity contribution >= 4 is 60.4 Å². The lowest BCUT2D eigenvalue weighted by Crippen LogP contribution is -2.39. The Labute approximate surface area is 377 Å². The second-order valence-electron chi connectivity index (χ2n) is 17.1. The fourth-order valence-corrected chi connectivity index (χ4v) is 11.5. The first-order valence-electron chi connectivity index (χ1n) is 20.9. The van der Waals surface area contributed by atoms with Crippen LogP contribution in [0, 0.1) is 5.41 Å². The first-order chi connectivity index (χ1) is 29.9. The number of nitrogens with one attached hydrogen (secondary N) is 2. The first kappa shape index (κ1) is 47.1. The molecule has 338 valence electrons. The van der Waals surface area contributed by atoms with Crippen LogP contribution >= 0.6 is 23.4 Å². The summed E-state index contributed by atoms with van der Waals surface area (Å²) < 4.78 is 103. The third-order valence-electron chi connectivity index (χ3n) is 11.9. The van der Waals surface area contributed by atoms with E-state index in [0.29, 0.717) is 75.6 Å². The van der Waals surface area contributed by atoms with Gasteiger partial charge in [-0.1, -0.05) is 67.4 Å². The zero-order valence-corrected chi connectivity index (χ0v) is 38.4. The van der Waals surface area contributed by atoms with Crippen molar-refractivity contribution in [2.24, 2.45) is 5.41 Å². The van der Waals surface area contributed by atoms with Crippen molar-refractivity contribution in [1.82, 2.24) is 14.5 Å². The molecule has 0 unspecified atom stereocenters. The number of hydrogen-bond donors (Lipinski definition) is 2. The zero-order chi connectivity index (χ0) is 45.0. The van der Waals surface area contributed by atoms with Gasteiger partial charge in [-0.05, 0) is 114 Å². The molecule has 10 nitrogen and oxygen atoms in total. The first-order valence-corrected chi connectivity index (χ1v) is 25.3. The van der Waals surface area contributed by atoms with Gasteiger partial charge in [-0.25, -0.2) is 21.6 Å². The molecule has 1 fully saturated rings. The molecule has 2 aliphatic heterocycles. The van der Waals surface area contributed by atoms with Gasteiger partial charge in [-0.2, -0.15) is 13.2 Å². The molecule has 1 aliphatic carbocycles. The molecule has 17 heteroatoms. The van der Waals surface area contributed by atoms with Gasteiger partial charge >= 0.3 is 5.51 Å². The zero-order valence-electron chi connectivity index (χ0n) is 35.2. The summed E-state index contributed by atoms with van der Waals surface area (Å²) in [4.78, 5) is 16.9. The van der Waals surface area contributed by atoms with E-state index in [1.165, 1.54) is 34.5 Å². The summed E-state index contributed by atoms with van der Waals surface area (Å²) in [5, 5.41) is 3.69. The van der Waals surface area contributed by atoms with E-state index in [2.05, 4.69) is 41.1 Å². The number of alkyl halides is 3. The van der Waals surface area contributed by atoms with Crippen molar-refractivity contribution < 1.29 is 39.5 Å². The van der Waals surface area contributed by atoms with Crippen molar-refractivity contribution in [2.45, 2.75) is 78.7 Å². The number of sulfonamides is 1. The normalized spacial score (nSPS) is 18.1. The van der Waals surface area contributed by atoms with Crippen molar-refractivity contribution in [1.29, 1.82) is 0 Å². The summed E-state index contributed by atoms with van der Waals surface area (Å²) in [7, 11) is -10.9. The van der Waals surface area contributed by atoms with Gasteiger partial charge in [0.05, 0.1) is 23.8 Å². The van der Waals surface area contributed by atoms with Crippen LogP contribution in [0.15, 0.2) is 111 Å². The number of carbonyl (C=O) groups excluding carboxylic acids is 1. The number of benzene rings is 4. The molecule has 0 radical (unpaired) electrons. The summed E-state index contributed by atoms with van der Waals surface area (Å²) >= 11 is 7.64. The van der Waals surface area contributed by atoms with E-state index in [9.17, 15) is 34.8 Å².